The molecule has 1 aromatic rings. The van der Waals surface area contributed by atoms with E-state index in [9.17, 15) is 29.1 Å². The molecule has 36 heavy (non-hydrogen) atoms. The van der Waals surface area contributed by atoms with Gasteiger partial charge in [0.2, 0.25) is 23.6 Å². The van der Waals surface area contributed by atoms with Gasteiger partial charge in [0.05, 0.1) is 6.04 Å². The van der Waals surface area contributed by atoms with Crippen molar-refractivity contribution in [2.45, 2.75) is 63.7 Å². The Kier molecular flexibility index (Phi) is 13.6. The Morgan fingerprint density at radius 1 is 0.917 bits per heavy atom. The van der Waals surface area contributed by atoms with Gasteiger partial charge >= 0.3 is 5.97 Å². The number of rotatable bonds is 16. The van der Waals surface area contributed by atoms with Gasteiger partial charge in [-0.25, -0.2) is 4.79 Å². The van der Waals surface area contributed by atoms with Gasteiger partial charge in [-0.15, -0.1) is 0 Å². The number of nitrogens with one attached hydrogen (secondary N) is 3. The number of carboxylic acid groups (broad SMARTS) is 1. The number of carbonyl (C=O) groups is 5. The van der Waals surface area contributed by atoms with Crippen LogP contribution < -0.4 is 27.4 Å². The summed E-state index contributed by atoms with van der Waals surface area (Å²) in [6.45, 7) is 3.25. The Morgan fingerprint density at radius 2 is 1.50 bits per heavy atom. The Labute approximate surface area is 215 Å². The van der Waals surface area contributed by atoms with Crippen molar-refractivity contribution in [2.75, 3.05) is 12.0 Å². The number of hydrogen-bond acceptors (Lipinski definition) is 7. The van der Waals surface area contributed by atoms with Crippen LogP contribution in [0.2, 0.25) is 0 Å². The van der Waals surface area contributed by atoms with Gasteiger partial charge in [-0.05, 0) is 36.3 Å². The number of carbonyl (C=O) groups excluding carboxylic acids is 4. The van der Waals surface area contributed by atoms with Gasteiger partial charge in [0.1, 0.15) is 18.1 Å². The van der Waals surface area contributed by atoms with Gasteiger partial charge < -0.3 is 32.5 Å². The van der Waals surface area contributed by atoms with Gasteiger partial charge in [-0.3, -0.25) is 19.2 Å². The van der Waals surface area contributed by atoms with Crippen LogP contribution in [0.15, 0.2) is 30.3 Å². The van der Waals surface area contributed by atoms with Crippen LogP contribution in [-0.2, 0) is 30.4 Å². The first kappa shape index (κ1) is 30.9. The molecule has 0 aromatic heterocycles. The molecule has 0 aliphatic rings. The van der Waals surface area contributed by atoms with Gasteiger partial charge in [-0.2, -0.15) is 11.8 Å². The fourth-order valence-corrected chi connectivity index (χ4v) is 3.80. The highest BCUT2D eigenvalue weighted by Gasteiger charge is 2.31. The van der Waals surface area contributed by atoms with Crippen LogP contribution >= 0.6 is 11.8 Å². The second-order valence-corrected chi connectivity index (χ2v) is 9.76. The van der Waals surface area contributed by atoms with E-state index < -0.39 is 59.7 Å². The summed E-state index contributed by atoms with van der Waals surface area (Å²) in [5.41, 5.74) is 11.9. The highest BCUT2D eigenvalue weighted by molar-refractivity contribution is 7.98. The van der Waals surface area contributed by atoms with Gasteiger partial charge in [0.25, 0.3) is 0 Å². The van der Waals surface area contributed by atoms with Crippen molar-refractivity contribution in [3.63, 3.8) is 0 Å². The van der Waals surface area contributed by atoms with Crippen LogP contribution in [0.4, 0.5) is 0 Å². The summed E-state index contributed by atoms with van der Waals surface area (Å²) < 4.78 is 0. The lowest BCUT2D eigenvalue weighted by atomic mass is 10.0. The fraction of sp³-hybridized carbons (Fsp3) is 0.542. The van der Waals surface area contributed by atoms with Gasteiger partial charge in [0.15, 0.2) is 0 Å². The molecule has 1 rings (SSSR count). The first-order valence-corrected chi connectivity index (χ1v) is 13.1. The molecule has 200 valence electrons. The molecule has 1 aromatic carbocycles. The standard InChI is InChI=1S/C24H37N5O6S/c1-14(2)20(24(34)35)29-22(32)17(9-10-19(26)30)27-23(33)18(13-15-7-5-4-6-8-15)28-21(31)16(25)11-12-36-3/h4-8,14,16-18,20H,9-13,25H2,1-3H3,(H2,26,30)(H,27,33)(H,28,31)(H,29,32)(H,34,35). The van der Waals surface area contributed by atoms with E-state index >= 15 is 0 Å². The minimum atomic E-state index is -1.24. The monoisotopic (exact) mass is 523 g/mol. The molecule has 4 unspecified atom stereocenters. The summed E-state index contributed by atoms with van der Waals surface area (Å²) in [5.74, 6) is -3.63. The van der Waals surface area contributed by atoms with Gasteiger partial charge in [-0.1, -0.05) is 44.2 Å². The molecule has 0 fully saturated rings. The van der Waals surface area contributed by atoms with E-state index in [0.717, 1.165) is 5.56 Å². The maximum atomic E-state index is 13.2. The van der Waals surface area contributed by atoms with E-state index in [1.165, 1.54) is 11.8 Å². The lowest BCUT2D eigenvalue weighted by Crippen LogP contribution is -2.58. The van der Waals surface area contributed by atoms with E-state index in [1.54, 1.807) is 38.1 Å². The lowest BCUT2D eigenvalue weighted by Gasteiger charge is -2.26. The predicted octanol–water partition coefficient (Wildman–Crippen LogP) is -0.230. The molecule has 0 saturated heterocycles. The zero-order chi connectivity index (χ0) is 27.3. The fourth-order valence-electron chi connectivity index (χ4n) is 3.31. The minimum Gasteiger partial charge on any atom is -0.480 e. The average molecular weight is 524 g/mol. The van der Waals surface area contributed by atoms with Crippen molar-refractivity contribution in [1.82, 2.24) is 16.0 Å². The first-order valence-electron chi connectivity index (χ1n) is 11.7. The molecule has 0 aliphatic heterocycles. The summed E-state index contributed by atoms with van der Waals surface area (Å²) in [6.07, 6.45) is 2.08. The first-order chi connectivity index (χ1) is 17.0. The normalized spacial score (nSPS) is 14.2. The SMILES string of the molecule is CSCCC(N)C(=O)NC(Cc1ccccc1)C(=O)NC(CCC(N)=O)C(=O)NC(C(=O)O)C(C)C. The van der Waals surface area contributed by atoms with E-state index in [4.69, 9.17) is 11.5 Å². The zero-order valence-electron chi connectivity index (χ0n) is 20.9. The van der Waals surface area contributed by atoms with E-state index in [0.29, 0.717) is 12.2 Å². The molecule has 12 heteroatoms. The molecule has 4 atom stereocenters. The molecule has 11 nitrogen and oxygen atoms in total. The molecule has 0 heterocycles. The number of amides is 4. The number of carboxylic acids is 1. The van der Waals surface area contributed by atoms with Crippen LogP contribution in [0, 0.1) is 5.92 Å². The molecule has 0 spiro atoms. The van der Waals surface area contributed by atoms with Gasteiger partial charge in [0, 0.05) is 12.8 Å². The van der Waals surface area contributed by atoms with Crippen molar-refractivity contribution in [3.8, 4) is 0 Å². The van der Waals surface area contributed by atoms with Crippen LogP contribution in [0.5, 0.6) is 0 Å². The van der Waals surface area contributed by atoms with Crippen LogP contribution in [0.25, 0.3) is 0 Å². The molecular formula is C24H37N5O6S. The third-order valence-corrected chi connectivity index (χ3v) is 6.07. The summed E-state index contributed by atoms with van der Waals surface area (Å²) in [7, 11) is 0. The number of thioether (sulfide) groups is 1. The molecule has 0 saturated carbocycles. The number of benzene rings is 1. The molecular weight excluding hydrogens is 486 g/mol. The van der Waals surface area contributed by atoms with Crippen LogP contribution in [0.1, 0.15) is 38.7 Å². The lowest BCUT2D eigenvalue weighted by molar-refractivity contribution is -0.143. The van der Waals surface area contributed by atoms with Crippen molar-refractivity contribution in [2.24, 2.45) is 17.4 Å². The van der Waals surface area contributed by atoms with E-state index in [2.05, 4.69) is 16.0 Å². The topological polar surface area (TPSA) is 194 Å². The molecule has 4 amide bonds. The number of hydrogen-bond donors (Lipinski definition) is 6. The van der Waals surface area contributed by atoms with Crippen LogP contribution in [0.3, 0.4) is 0 Å². The second-order valence-electron chi connectivity index (χ2n) is 8.77. The molecule has 0 bridgehead atoms. The third-order valence-electron chi connectivity index (χ3n) is 5.43. The largest absolute Gasteiger partial charge is 0.480 e. The zero-order valence-corrected chi connectivity index (χ0v) is 21.7. The highest BCUT2D eigenvalue weighted by atomic mass is 32.2. The molecule has 0 aliphatic carbocycles. The molecule has 0 radical (unpaired) electrons. The van der Waals surface area contributed by atoms with E-state index in [1.807, 2.05) is 12.3 Å². The van der Waals surface area contributed by atoms with Crippen molar-refractivity contribution in [3.05, 3.63) is 35.9 Å². The Bertz CT molecular complexity index is 898. The Hall–Kier alpha value is -3.12. The minimum absolute atomic E-state index is 0.127. The maximum absolute atomic E-state index is 13.2. The maximum Gasteiger partial charge on any atom is 0.326 e. The second kappa shape index (κ2) is 15.8. The van der Waals surface area contributed by atoms with Crippen molar-refractivity contribution in [1.29, 1.82) is 0 Å². The molecule has 8 N–H and O–H groups in total. The number of nitrogens with two attached hydrogens (primary N) is 2. The summed E-state index contributed by atoms with van der Waals surface area (Å²) >= 11 is 1.54. The summed E-state index contributed by atoms with van der Waals surface area (Å²) in [6, 6.07) is 4.65. The predicted molar refractivity (Wildman–Crippen MR) is 138 cm³/mol. The van der Waals surface area contributed by atoms with E-state index in [-0.39, 0.29) is 19.3 Å². The average Bonchev–Trinajstić information content (AvgIpc) is 2.82. The summed E-state index contributed by atoms with van der Waals surface area (Å²) in [5, 5.41) is 17.0. The number of aliphatic carboxylic acids is 1. The smallest absolute Gasteiger partial charge is 0.326 e. The Morgan fingerprint density at radius 3 is 2.03 bits per heavy atom. The highest BCUT2D eigenvalue weighted by Crippen LogP contribution is 2.08. The number of primary amides is 1. The van der Waals surface area contributed by atoms with Crippen LogP contribution in [-0.4, -0.2) is 70.9 Å². The van der Waals surface area contributed by atoms with Crippen molar-refractivity contribution < 1.29 is 29.1 Å². The quantitative estimate of drug-likeness (QED) is 0.171. The van der Waals surface area contributed by atoms with Crippen molar-refractivity contribution >= 4 is 41.4 Å². The Balaban J connectivity index is 3.11. The summed E-state index contributed by atoms with van der Waals surface area (Å²) in [4.78, 5) is 61.7. The third kappa shape index (κ3) is 11.1.